The van der Waals surface area contributed by atoms with Gasteiger partial charge in [-0.3, -0.25) is 5.43 Å². The van der Waals surface area contributed by atoms with Crippen LogP contribution in [0.15, 0.2) is 6.20 Å². The van der Waals surface area contributed by atoms with Gasteiger partial charge in [-0.25, -0.2) is 10.8 Å². The Kier molecular flexibility index (Phi) is 2.21. The Morgan fingerprint density at radius 3 is 3.00 bits per heavy atom. The van der Waals surface area contributed by atoms with Gasteiger partial charge in [0.25, 0.3) is 0 Å². The molecule has 5 nitrogen and oxygen atoms in total. The molecule has 0 spiro atoms. The fraction of sp³-hybridized carbons (Fsp3) is 0.636. The number of hydrazine groups is 1. The molecule has 5 heteroatoms. The first-order chi connectivity index (χ1) is 7.78. The standard InChI is InChI=1S/C11H17N5/c1-7-5-13-11(15-12)14-10(7)16-6-8-2-3-9(16)4-8/h5,8-9H,2-4,6,12H2,1H3,(H,13,14,15). The van der Waals surface area contributed by atoms with E-state index in [1.165, 1.54) is 19.3 Å². The Hall–Kier alpha value is -1.36. The molecule has 2 aliphatic rings. The molecule has 2 fully saturated rings. The predicted octanol–water partition coefficient (Wildman–Crippen LogP) is 1.06. The number of nitrogens with two attached hydrogens (primary N) is 1. The summed E-state index contributed by atoms with van der Waals surface area (Å²) < 4.78 is 0. The highest BCUT2D eigenvalue weighted by Crippen LogP contribution is 2.40. The number of aryl methyl sites for hydroxylation is 1. The van der Waals surface area contributed by atoms with Crippen LogP contribution in [0.1, 0.15) is 24.8 Å². The number of aromatic nitrogens is 2. The molecule has 3 N–H and O–H groups in total. The molecule has 1 aliphatic carbocycles. The third-order valence-corrected chi connectivity index (χ3v) is 3.76. The fourth-order valence-corrected chi connectivity index (χ4v) is 2.98. The average molecular weight is 219 g/mol. The molecule has 1 aliphatic heterocycles. The number of fused-ring (bicyclic) bond motifs is 2. The zero-order valence-corrected chi connectivity index (χ0v) is 9.48. The number of anilines is 2. The normalized spacial score (nSPS) is 27.5. The number of nitrogen functional groups attached to an aromatic ring is 1. The summed E-state index contributed by atoms with van der Waals surface area (Å²) in [5.41, 5.74) is 3.64. The molecule has 16 heavy (non-hydrogen) atoms. The Morgan fingerprint density at radius 2 is 2.38 bits per heavy atom. The Bertz CT molecular complexity index is 405. The molecule has 2 bridgehead atoms. The maximum Gasteiger partial charge on any atom is 0.239 e. The average Bonchev–Trinajstić information content (AvgIpc) is 2.91. The van der Waals surface area contributed by atoms with Gasteiger partial charge in [-0.1, -0.05) is 0 Å². The first kappa shape index (κ1) is 9.84. The van der Waals surface area contributed by atoms with E-state index in [0.717, 1.165) is 23.8 Å². The van der Waals surface area contributed by atoms with Gasteiger partial charge in [-0.2, -0.15) is 4.98 Å². The van der Waals surface area contributed by atoms with E-state index >= 15 is 0 Å². The first-order valence-electron chi connectivity index (χ1n) is 5.85. The number of piperidine rings is 1. The molecule has 1 aromatic heterocycles. The van der Waals surface area contributed by atoms with Gasteiger partial charge < -0.3 is 4.90 Å². The maximum absolute atomic E-state index is 5.35. The zero-order valence-electron chi connectivity index (χ0n) is 9.48. The lowest BCUT2D eigenvalue weighted by Gasteiger charge is -2.29. The van der Waals surface area contributed by atoms with Crippen LogP contribution in [0, 0.1) is 12.8 Å². The predicted molar refractivity (Wildman–Crippen MR) is 63.1 cm³/mol. The van der Waals surface area contributed by atoms with E-state index in [4.69, 9.17) is 5.84 Å². The lowest BCUT2D eigenvalue weighted by atomic mass is 10.1. The summed E-state index contributed by atoms with van der Waals surface area (Å²) in [6.45, 7) is 3.20. The summed E-state index contributed by atoms with van der Waals surface area (Å²) in [5.74, 6) is 7.77. The largest absolute Gasteiger partial charge is 0.353 e. The van der Waals surface area contributed by atoms with Crippen LogP contribution in [0.25, 0.3) is 0 Å². The summed E-state index contributed by atoms with van der Waals surface area (Å²) in [5, 5.41) is 0. The quantitative estimate of drug-likeness (QED) is 0.575. The van der Waals surface area contributed by atoms with Gasteiger partial charge >= 0.3 is 0 Å². The molecule has 3 rings (SSSR count). The van der Waals surface area contributed by atoms with Gasteiger partial charge in [0.05, 0.1) is 0 Å². The van der Waals surface area contributed by atoms with Gasteiger partial charge in [0.1, 0.15) is 5.82 Å². The number of nitrogens with one attached hydrogen (secondary N) is 1. The van der Waals surface area contributed by atoms with Crippen LogP contribution in [0.3, 0.4) is 0 Å². The second-order valence-corrected chi connectivity index (χ2v) is 4.83. The molecule has 86 valence electrons. The molecule has 2 unspecified atom stereocenters. The van der Waals surface area contributed by atoms with Crippen molar-refractivity contribution >= 4 is 11.8 Å². The van der Waals surface area contributed by atoms with Crippen LogP contribution < -0.4 is 16.2 Å². The molecule has 2 heterocycles. The third kappa shape index (κ3) is 1.43. The lowest BCUT2D eigenvalue weighted by Crippen LogP contribution is -2.33. The second kappa shape index (κ2) is 3.59. The highest BCUT2D eigenvalue weighted by atomic mass is 15.3. The number of hydrogen-bond acceptors (Lipinski definition) is 5. The molecule has 1 aromatic rings. The highest BCUT2D eigenvalue weighted by molar-refractivity contribution is 5.51. The zero-order chi connectivity index (χ0) is 11.1. The fourth-order valence-electron chi connectivity index (χ4n) is 2.98. The van der Waals surface area contributed by atoms with Crippen molar-refractivity contribution in [1.29, 1.82) is 0 Å². The van der Waals surface area contributed by atoms with Crippen LogP contribution >= 0.6 is 0 Å². The van der Waals surface area contributed by atoms with Crippen LogP contribution in [0.2, 0.25) is 0 Å². The monoisotopic (exact) mass is 219 g/mol. The van der Waals surface area contributed by atoms with Gasteiger partial charge in [0.15, 0.2) is 0 Å². The van der Waals surface area contributed by atoms with Crippen LogP contribution in [-0.2, 0) is 0 Å². The van der Waals surface area contributed by atoms with Gasteiger partial charge in [-0.15, -0.1) is 0 Å². The lowest BCUT2D eigenvalue weighted by molar-refractivity contribution is 0.549. The van der Waals surface area contributed by atoms with Crippen LogP contribution in [0.4, 0.5) is 11.8 Å². The minimum Gasteiger partial charge on any atom is -0.353 e. The van der Waals surface area contributed by atoms with E-state index in [1.807, 2.05) is 6.20 Å². The Balaban J connectivity index is 1.93. The van der Waals surface area contributed by atoms with Gasteiger partial charge in [0.2, 0.25) is 5.95 Å². The van der Waals surface area contributed by atoms with E-state index in [9.17, 15) is 0 Å². The molecule has 0 radical (unpaired) electrons. The minimum absolute atomic E-state index is 0.503. The number of nitrogens with zero attached hydrogens (tertiary/aromatic N) is 3. The SMILES string of the molecule is Cc1cnc(NN)nc1N1CC2CCC1C2. The van der Waals surface area contributed by atoms with E-state index in [2.05, 4.69) is 27.2 Å². The number of hydrogen-bond donors (Lipinski definition) is 2. The maximum atomic E-state index is 5.35. The van der Waals surface area contributed by atoms with E-state index < -0.39 is 0 Å². The highest BCUT2D eigenvalue weighted by Gasteiger charge is 2.38. The van der Waals surface area contributed by atoms with Crippen molar-refractivity contribution in [2.75, 3.05) is 16.9 Å². The van der Waals surface area contributed by atoms with Gasteiger partial charge in [-0.05, 0) is 32.1 Å². The van der Waals surface area contributed by atoms with Crippen molar-refractivity contribution in [1.82, 2.24) is 9.97 Å². The van der Waals surface area contributed by atoms with Gasteiger partial charge in [0, 0.05) is 24.3 Å². The van der Waals surface area contributed by atoms with E-state index in [-0.39, 0.29) is 0 Å². The van der Waals surface area contributed by atoms with Crippen LogP contribution in [-0.4, -0.2) is 22.6 Å². The second-order valence-electron chi connectivity index (χ2n) is 4.83. The molecule has 1 saturated carbocycles. The topological polar surface area (TPSA) is 67.1 Å². The van der Waals surface area contributed by atoms with Crippen molar-refractivity contribution in [3.05, 3.63) is 11.8 Å². The summed E-state index contributed by atoms with van der Waals surface area (Å²) >= 11 is 0. The molecular weight excluding hydrogens is 202 g/mol. The molecular formula is C11H17N5. The Morgan fingerprint density at radius 1 is 1.50 bits per heavy atom. The number of rotatable bonds is 2. The first-order valence-corrected chi connectivity index (χ1v) is 5.85. The Labute approximate surface area is 95.0 Å². The van der Waals surface area contributed by atoms with Crippen molar-refractivity contribution in [2.45, 2.75) is 32.2 Å². The van der Waals surface area contributed by atoms with Crippen molar-refractivity contribution in [3.63, 3.8) is 0 Å². The van der Waals surface area contributed by atoms with Crippen molar-refractivity contribution < 1.29 is 0 Å². The van der Waals surface area contributed by atoms with Crippen molar-refractivity contribution in [3.8, 4) is 0 Å². The molecule has 2 atom stereocenters. The third-order valence-electron chi connectivity index (χ3n) is 3.76. The minimum atomic E-state index is 0.503. The van der Waals surface area contributed by atoms with E-state index in [0.29, 0.717) is 12.0 Å². The van der Waals surface area contributed by atoms with Crippen molar-refractivity contribution in [2.24, 2.45) is 11.8 Å². The summed E-state index contributed by atoms with van der Waals surface area (Å²) in [6, 6.07) is 0.684. The summed E-state index contributed by atoms with van der Waals surface area (Å²) in [6.07, 6.45) is 5.85. The molecule has 0 amide bonds. The molecule has 0 aromatic carbocycles. The summed E-state index contributed by atoms with van der Waals surface area (Å²) in [7, 11) is 0. The summed E-state index contributed by atoms with van der Waals surface area (Å²) in [4.78, 5) is 11.0. The van der Waals surface area contributed by atoms with E-state index in [1.54, 1.807) is 0 Å². The van der Waals surface area contributed by atoms with Crippen LogP contribution in [0.5, 0.6) is 0 Å². The molecule has 1 saturated heterocycles. The smallest absolute Gasteiger partial charge is 0.239 e.